The van der Waals surface area contributed by atoms with Crippen LogP contribution >= 0.6 is 23.2 Å². The molecule has 4 aromatic rings. The number of amides is 1. The van der Waals surface area contributed by atoms with Crippen LogP contribution in [0.4, 0.5) is 0 Å². The summed E-state index contributed by atoms with van der Waals surface area (Å²) in [6, 6.07) is 16.6. The maximum Gasteiger partial charge on any atom is 0.271 e. The number of halogens is 2. The van der Waals surface area contributed by atoms with E-state index < -0.39 is 0 Å². The minimum Gasteiger partial charge on any atom is -0.336 e. The zero-order valence-electron chi connectivity index (χ0n) is 15.5. The van der Waals surface area contributed by atoms with Crippen molar-refractivity contribution in [3.63, 3.8) is 0 Å². The van der Waals surface area contributed by atoms with Crippen molar-refractivity contribution in [2.24, 2.45) is 0 Å². The van der Waals surface area contributed by atoms with Gasteiger partial charge in [0.1, 0.15) is 5.69 Å². The Morgan fingerprint density at radius 3 is 2.62 bits per heavy atom. The molecule has 0 bridgehead atoms. The van der Waals surface area contributed by atoms with Crippen molar-refractivity contribution in [3.05, 3.63) is 88.3 Å². The van der Waals surface area contributed by atoms with Gasteiger partial charge in [-0.05, 0) is 48.0 Å². The van der Waals surface area contributed by atoms with Crippen LogP contribution in [0.1, 0.15) is 16.1 Å². The highest BCUT2D eigenvalue weighted by atomic mass is 35.5. The number of carbonyl (C=O) groups is 1. The summed E-state index contributed by atoms with van der Waals surface area (Å²) in [5.41, 5.74) is 3.67. The number of H-pyrrole nitrogens is 1. The van der Waals surface area contributed by atoms with E-state index in [4.69, 9.17) is 23.2 Å². The Bertz CT molecular complexity index is 1140. The van der Waals surface area contributed by atoms with E-state index in [1.54, 1.807) is 47.1 Å². The molecule has 0 aliphatic heterocycles. The highest BCUT2D eigenvalue weighted by Crippen LogP contribution is 2.29. The summed E-state index contributed by atoms with van der Waals surface area (Å²) in [5.74, 6) is -0.162. The highest BCUT2D eigenvalue weighted by molar-refractivity contribution is 6.36. The molecule has 0 saturated heterocycles. The lowest BCUT2D eigenvalue weighted by Gasteiger charge is -2.16. The van der Waals surface area contributed by atoms with E-state index in [1.807, 2.05) is 36.5 Å². The van der Waals surface area contributed by atoms with Crippen molar-refractivity contribution in [3.8, 4) is 16.9 Å². The van der Waals surface area contributed by atoms with Gasteiger partial charge in [0.2, 0.25) is 0 Å². The molecule has 29 heavy (non-hydrogen) atoms. The zero-order chi connectivity index (χ0) is 20.4. The van der Waals surface area contributed by atoms with Gasteiger partial charge in [-0.25, -0.2) is 4.68 Å². The lowest BCUT2D eigenvalue weighted by molar-refractivity contribution is 0.0779. The fourth-order valence-electron chi connectivity index (χ4n) is 2.99. The Kier molecular flexibility index (Phi) is 5.38. The first kappa shape index (κ1) is 19.2. The minimum atomic E-state index is -0.162. The maximum atomic E-state index is 12.8. The molecule has 4 rings (SSSR count). The van der Waals surface area contributed by atoms with Gasteiger partial charge >= 0.3 is 0 Å². The van der Waals surface area contributed by atoms with Crippen LogP contribution in [0.15, 0.2) is 67.0 Å². The second-order valence-electron chi connectivity index (χ2n) is 6.57. The molecular formula is C21H17Cl2N5O. The van der Waals surface area contributed by atoms with E-state index in [9.17, 15) is 4.79 Å². The van der Waals surface area contributed by atoms with E-state index in [0.717, 1.165) is 11.3 Å². The van der Waals surface area contributed by atoms with Crippen molar-refractivity contribution in [2.75, 3.05) is 7.05 Å². The van der Waals surface area contributed by atoms with E-state index in [0.29, 0.717) is 33.5 Å². The van der Waals surface area contributed by atoms with Gasteiger partial charge in [-0.3, -0.25) is 9.89 Å². The van der Waals surface area contributed by atoms with Gasteiger partial charge in [0.05, 0.1) is 16.4 Å². The summed E-state index contributed by atoms with van der Waals surface area (Å²) in [6.45, 7) is 0.467. The minimum absolute atomic E-state index is 0.162. The summed E-state index contributed by atoms with van der Waals surface area (Å²) in [4.78, 5) is 14.4. The average Bonchev–Trinajstić information content (AvgIpc) is 3.40. The first-order chi connectivity index (χ1) is 14.0. The van der Waals surface area contributed by atoms with Gasteiger partial charge in [0, 0.05) is 36.6 Å². The van der Waals surface area contributed by atoms with Crippen molar-refractivity contribution >= 4 is 29.1 Å². The number of nitrogens with one attached hydrogen (secondary N) is 1. The number of rotatable bonds is 5. The molecule has 0 aliphatic carbocycles. The van der Waals surface area contributed by atoms with E-state index in [-0.39, 0.29) is 5.91 Å². The Morgan fingerprint density at radius 1 is 1.14 bits per heavy atom. The summed E-state index contributed by atoms with van der Waals surface area (Å²) in [5, 5.41) is 12.2. The second-order valence-corrected chi connectivity index (χ2v) is 7.41. The largest absolute Gasteiger partial charge is 0.336 e. The molecule has 0 saturated carbocycles. The Balaban J connectivity index is 1.46. The summed E-state index contributed by atoms with van der Waals surface area (Å²) >= 11 is 12.2. The Hall–Kier alpha value is -3.09. The SMILES string of the molecule is CN(Cc1ccc(-n2cccn2)cc1)C(=O)c1cc(-c2ccc(Cl)cc2Cl)n[nH]1. The van der Waals surface area contributed by atoms with Crippen LogP contribution in [0.25, 0.3) is 16.9 Å². The third kappa shape index (κ3) is 4.18. The van der Waals surface area contributed by atoms with Crippen LogP contribution in [-0.4, -0.2) is 37.8 Å². The number of aromatic amines is 1. The van der Waals surface area contributed by atoms with Crippen molar-refractivity contribution < 1.29 is 4.79 Å². The molecule has 0 radical (unpaired) electrons. The molecular weight excluding hydrogens is 409 g/mol. The van der Waals surface area contributed by atoms with Crippen molar-refractivity contribution in [2.45, 2.75) is 6.54 Å². The quantitative estimate of drug-likeness (QED) is 0.497. The molecule has 2 heterocycles. The maximum absolute atomic E-state index is 12.8. The normalized spacial score (nSPS) is 10.9. The summed E-state index contributed by atoms with van der Waals surface area (Å²) < 4.78 is 1.78. The van der Waals surface area contributed by atoms with E-state index in [2.05, 4.69) is 15.3 Å². The summed E-state index contributed by atoms with van der Waals surface area (Å²) in [6.07, 6.45) is 3.61. The predicted molar refractivity (Wildman–Crippen MR) is 113 cm³/mol. The van der Waals surface area contributed by atoms with Crippen LogP contribution in [0.2, 0.25) is 10.0 Å². The monoisotopic (exact) mass is 425 g/mol. The summed E-state index contributed by atoms with van der Waals surface area (Å²) in [7, 11) is 1.75. The van der Waals surface area contributed by atoms with Crippen LogP contribution in [0.5, 0.6) is 0 Å². The molecule has 8 heteroatoms. The molecule has 0 spiro atoms. The van der Waals surface area contributed by atoms with Crippen molar-refractivity contribution in [1.29, 1.82) is 0 Å². The van der Waals surface area contributed by atoms with Crippen LogP contribution in [0, 0.1) is 0 Å². The number of carbonyl (C=O) groups excluding carboxylic acids is 1. The molecule has 0 unspecified atom stereocenters. The van der Waals surface area contributed by atoms with Gasteiger partial charge in [0.15, 0.2) is 0 Å². The molecule has 0 aliphatic rings. The lowest BCUT2D eigenvalue weighted by Crippen LogP contribution is -2.26. The molecule has 1 amide bonds. The molecule has 2 aromatic heterocycles. The second kappa shape index (κ2) is 8.11. The fourth-order valence-corrected chi connectivity index (χ4v) is 3.50. The molecule has 146 valence electrons. The van der Waals surface area contributed by atoms with E-state index >= 15 is 0 Å². The van der Waals surface area contributed by atoms with Crippen LogP contribution in [0.3, 0.4) is 0 Å². The molecule has 1 N–H and O–H groups in total. The van der Waals surface area contributed by atoms with Gasteiger partial charge in [0.25, 0.3) is 5.91 Å². The van der Waals surface area contributed by atoms with Crippen LogP contribution < -0.4 is 0 Å². The van der Waals surface area contributed by atoms with Crippen molar-refractivity contribution in [1.82, 2.24) is 24.9 Å². The lowest BCUT2D eigenvalue weighted by atomic mass is 10.1. The fraction of sp³-hybridized carbons (Fsp3) is 0.0952. The third-order valence-electron chi connectivity index (χ3n) is 4.49. The Labute approximate surface area is 177 Å². The number of nitrogens with zero attached hydrogens (tertiary/aromatic N) is 4. The topological polar surface area (TPSA) is 66.8 Å². The van der Waals surface area contributed by atoms with E-state index in [1.165, 1.54) is 0 Å². The average molecular weight is 426 g/mol. The number of hydrogen-bond acceptors (Lipinski definition) is 3. The van der Waals surface area contributed by atoms with Crippen LogP contribution in [-0.2, 0) is 6.54 Å². The van der Waals surface area contributed by atoms with Gasteiger partial charge in [-0.1, -0.05) is 35.3 Å². The molecule has 0 atom stereocenters. The smallest absolute Gasteiger partial charge is 0.271 e. The standard InChI is InChI=1S/C21H17Cl2N5O/c1-27(13-14-3-6-16(7-4-14)28-10-2-9-24-28)21(29)20-12-19(25-26-20)17-8-5-15(22)11-18(17)23/h2-12H,13H2,1H3,(H,25,26). The van der Waals surface area contributed by atoms with Gasteiger partial charge in [-0.15, -0.1) is 0 Å². The molecule has 0 fully saturated rings. The third-order valence-corrected chi connectivity index (χ3v) is 5.03. The first-order valence-corrected chi connectivity index (χ1v) is 9.62. The predicted octanol–water partition coefficient (Wildman–Crippen LogP) is 4.84. The number of aromatic nitrogens is 4. The van der Waals surface area contributed by atoms with Gasteiger partial charge in [-0.2, -0.15) is 10.2 Å². The molecule has 2 aromatic carbocycles. The highest BCUT2D eigenvalue weighted by Gasteiger charge is 2.17. The zero-order valence-corrected chi connectivity index (χ0v) is 17.0. The first-order valence-electron chi connectivity index (χ1n) is 8.86. The van der Waals surface area contributed by atoms with Gasteiger partial charge < -0.3 is 4.90 Å². The Morgan fingerprint density at radius 2 is 1.93 bits per heavy atom. The number of hydrogen-bond donors (Lipinski definition) is 1. The molecule has 6 nitrogen and oxygen atoms in total. The number of benzene rings is 2.